The van der Waals surface area contributed by atoms with Crippen molar-refractivity contribution < 1.29 is 14.2 Å². The number of ether oxygens (including phenoxy) is 3. The molecule has 0 aliphatic heterocycles. The summed E-state index contributed by atoms with van der Waals surface area (Å²) >= 11 is 0. The standard InChI is InChI=1S/C18H26O3/c1-8-21-17(12(2)3)11-18(20-7)15-9-10-16(19-6)14(5)13(15)4/h9-11H,8H2,1-7H3/b18-11+. The zero-order valence-electron chi connectivity index (χ0n) is 14.2. The Balaban J connectivity index is 3.34. The van der Waals surface area contributed by atoms with E-state index >= 15 is 0 Å². The smallest absolute Gasteiger partial charge is 0.130 e. The lowest BCUT2D eigenvalue weighted by atomic mass is 10.00. The molecule has 1 aromatic carbocycles. The second-order valence-corrected chi connectivity index (χ2v) is 5.08. The maximum atomic E-state index is 5.67. The van der Waals surface area contributed by atoms with Crippen LogP contribution in [0, 0.1) is 13.8 Å². The number of allylic oxidation sites excluding steroid dienone is 2. The van der Waals surface area contributed by atoms with Gasteiger partial charge in [-0.25, -0.2) is 0 Å². The molecule has 0 spiro atoms. The molecule has 0 radical (unpaired) electrons. The first-order chi connectivity index (χ1) is 9.96. The highest BCUT2D eigenvalue weighted by Crippen LogP contribution is 2.29. The lowest BCUT2D eigenvalue weighted by Crippen LogP contribution is -1.99. The van der Waals surface area contributed by atoms with E-state index in [0.29, 0.717) is 6.61 Å². The molecule has 0 unspecified atom stereocenters. The zero-order chi connectivity index (χ0) is 16.0. The van der Waals surface area contributed by atoms with E-state index in [1.165, 1.54) is 0 Å². The molecule has 0 aliphatic carbocycles. The second-order valence-electron chi connectivity index (χ2n) is 5.08. The summed E-state index contributed by atoms with van der Waals surface area (Å²) in [6, 6.07) is 3.98. The molecule has 0 fully saturated rings. The van der Waals surface area contributed by atoms with Crippen LogP contribution in [0.4, 0.5) is 0 Å². The number of hydrogen-bond donors (Lipinski definition) is 0. The first-order valence-electron chi connectivity index (χ1n) is 7.16. The van der Waals surface area contributed by atoms with Crippen molar-refractivity contribution in [2.75, 3.05) is 20.8 Å². The minimum Gasteiger partial charge on any atom is -0.496 e. The van der Waals surface area contributed by atoms with Crippen LogP contribution in [0.2, 0.25) is 0 Å². The second kappa shape index (κ2) is 7.77. The zero-order valence-corrected chi connectivity index (χ0v) is 14.2. The van der Waals surface area contributed by atoms with E-state index in [1.807, 2.05) is 39.0 Å². The molecule has 3 heteroatoms. The normalized spacial score (nSPS) is 11.1. The van der Waals surface area contributed by atoms with Crippen molar-refractivity contribution in [3.63, 3.8) is 0 Å². The average Bonchev–Trinajstić information content (AvgIpc) is 2.46. The minimum atomic E-state index is 0.634. The third-order valence-corrected chi connectivity index (χ3v) is 3.50. The Morgan fingerprint density at radius 3 is 2.24 bits per heavy atom. The molecule has 116 valence electrons. The van der Waals surface area contributed by atoms with E-state index in [-0.39, 0.29) is 0 Å². The topological polar surface area (TPSA) is 27.7 Å². The average molecular weight is 290 g/mol. The van der Waals surface area contributed by atoms with Crippen LogP contribution in [-0.4, -0.2) is 20.8 Å². The highest BCUT2D eigenvalue weighted by atomic mass is 16.5. The van der Waals surface area contributed by atoms with Crippen LogP contribution in [0.3, 0.4) is 0 Å². The summed E-state index contributed by atoms with van der Waals surface area (Å²) in [4.78, 5) is 0. The molecule has 0 N–H and O–H groups in total. The summed E-state index contributed by atoms with van der Waals surface area (Å²) in [6.07, 6.45) is 1.95. The number of benzene rings is 1. The van der Waals surface area contributed by atoms with Gasteiger partial charge in [-0.2, -0.15) is 0 Å². The van der Waals surface area contributed by atoms with E-state index in [2.05, 4.69) is 13.8 Å². The number of hydrogen-bond acceptors (Lipinski definition) is 3. The quantitative estimate of drug-likeness (QED) is 0.564. The van der Waals surface area contributed by atoms with Gasteiger partial charge in [0, 0.05) is 11.6 Å². The number of rotatable bonds is 6. The summed E-state index contributed by atoms with van der Waals surface area (Å²) in [7, 11) is 3.37. The van der Waals surface area contributed by atoms with Crippen molar-refractivity contribution in [2.24, 2.45) is 0 Å². The molecule has 21 heavy (non-hydrogen) atoms. The van der Waals surface area contributed by atoms with Crippen LogP contribution in [0.15, 0.2) is 29.5 Å². The van der Waals surface area contributed by atoms with Crippen LogP contribution >= 0.6 is 0 Å². The van der Waals surface area contributed by atoms with Gasteiger partial charge in [-0.05, 0) is 63.5 Å². The highest BCUT2D eigenvalue weighted by Gasteiger charge is 2.12. The summed E-state index contributed by atoms with van der Waals surface area (Å²) < 4.78 is 16.6. The Morgan fingerprint density at radius 2 is 1.76 bits per heavy atom. The van der Waals surface area contributed by atoms with Gasteiger partial charge in [0.05, 0.1) is 20.8 Å². The van der Waals surface area contributed by atoms with Crippen LogP contribution in [-0.2, 0) is 9.47 Å². The molecule has 0 atom stereocenters. The van der Waals surface area contributed by atoms with Gasteiger partial charge < -0.3 is 14.2 Å². The Hall–Kier alpha value is -1.90. The summed E-state index contributed by atoms with van der Waals surface area (Å²) in [5, 5.41) is 0. The molecular formula is C18H26O3. The van der Waals surface area contributed by atoms with Gasteiger partial charge >= 0.3 is 0 Å². The maximum Gasteiger partial charge on any atom is 0.130 e. The Bertz CT molecular complexity index is 550. The monoisotopic (exact) mass is 290 g/mol. The van der Waals surface area contributed by atoms with Crippen LogP contribution < -0.4 is 4.74 Å². The van der Waals surface area contributed by atoms with Gasteiger partial charge in [0.1, 0.15) is 17.3 Å². The minimum absolute atomic E-state index is 0.634. The van der Waals surface area contributed by atoms with Crippen LogP contribution in [0.25, 0.3) is 5.76 Å². The van der Waals surface area contributed by atoms with E-state index in [4.69, 9.17) is 14.2 Å². The van der Waals surface area contributed by atoms with Gasteiger partial charge in [-0.1, -0.05) is 0 Å². The molecule has 0 aliphatic rings. The number of methoxy groups -OCH3 is 2. The largest absolute Gasteiger partial charge is 0.496 e. The molecule has 0 heterocycles. The predicted molar refractivity (Wildman–Crippen MR) is 87.5 cm³/mol. The molecule has 0 saturated carbocycles. The van der Waals surface area contributed by atoms with Crippen molar-refractivity contribution in [2.45, 2.75) is 34.6 Å². The molecule has 0 bridgehead atoms. The third kappa shape index (κ3) is 4.03. The summed E-state index contributed by atoms with van der Waals surface area (Å²) in [6.45, 7) is 10.8. The molecule has 1 rings (SSSR count). The van der Waals surface area contributed by atoms with Gasteiger partial charge in [-0.3, -0.25) is 0 Å². The molecule has 0 aromatic heterocycles. The Morgan fingerprint density at radius 1 is 1.10 bits per heavy atom. The predicted octanol–water partition coefficient (Wildman–Crippen LogP) is 4.63. The van der Waals surface area contributed by atoms with Crippen LogP contribution in [0.5, 0.6) is 5.75 Å². The van der Waals surface area contributed by atoms with Crippen molar-refractivity contribution in [1.29, 1.82) is 0 Å². The Kier molecular flexibility index (Phi) is 6.35. The lowest BCUT2D eigenvalue weighted by Gasteiger charge is -2.15. The summed E-state index contributed by atoms with van der Waals surface area (Å²) in [5.41, 5.74) is 4.43. The van der Waals surface area contributed by atoms with Crippen molar-refractivity contribution >= 4 is 5.76 Å². The van der Waals surface area contributed by atoms with E-state index < -0.39 is 0 Å². The van der Waals surface area contributed by atoms with E-state index in [9.17, 15) is 0 Å². The van der Waals surface area contributed by atoms with Gasteiger partial charge in [0.2, 0.25) is 0 Å². The van der Waals surface area contributed by atoms with Crippen molar-refractivity contribution in [3.05, 3.63) is 46.2 Å². The van der Waals surface area contributed by atoms with Crippen molar-refractivity contribution in [1.82, 2.24) is 0 Å². The molecular weight excluding hydrogens is 264 g/mol. The molecule has 1 aromatic rings. The highest BCUT2D eigenvalue weighted by molar-refractivity contribution is 5.67. The molecule has 3 nitrogen and oxygen atoms in total. The van der Waals surface area contributed by atoms with Crippen molar-refractivity contribution in [3.8, 4) is 5.75 Å². The Labute approximate surface area is 128 Å². The molecule has 0 saturated heterocycles. The van der Waals surface area contributed by atoms with E-state index in [1.54, 1.807) is 14.2 Å². The fourth-order valence-corrected chi connectivity index (χ4v) is 2.14. The first kappa shape index (κ1) is 17.2. The first-order valence-corrected chi connectivity index (χ1v) is 7.16. The van der Waals surface area contributed by atoms with E-state index in [0.717, 1.165) is 39.5 Å². The maximum absolute atomic E-state index is 5.67. The third-order valence-electron chi connectivity index (χ3n) is 3.50. The van der Waals surface area contributed by atoms with Gasteiger partial charge in [0.25, 0.3) is 0 Å². The fraction of sp³-hybridized carbons (Fsp3) is 0.444. The molecule has 0 amide bonds. The van der Waals surface area contributed by atoms with Gasteiger partial charge in [0.15, 0.2) is 0 Å². The lowest BCUT2D eigenvalue weighted by molar-refractivity contribution is 0.237. The summed E-state index contributed by atoms with van der Waals surface area (Å²) in [5.74, 6) is 2.53. The SMILES string of the molecule is CCOC(/C=C(/OC)c1ccc(OC)c(C)c1C)=C(C)C. The van der Waals surface area contributed by atoms with Gasteiger partial charge in [-0.15, -0.1) is 0 Å². The van der Waals surface area contributed by atoms with Crippen LogP contribution in [0.1, 0.15) is 37.5 Å². The fourth-order valence-electron chi connectivity index (χ4n) is 2.14.